The van der Waals surface area contributed by atoms with E-state index in [1.165, 1.54) is 0 Å². The second-order valence-electron chi connectivity index (χ2n) is 7.94. The number of benzene rings is 1. The molecule has 0 fully saturated rings. The summed E-state index contributed by atoms with van der Waals surface area (Å²) < 4.78 is 33.6. The zero-order valence-corrected chi connectivity index (χ0v) is 19.1. The predicted octanol–water partition coefficient (Wildman–Crippen LogP) is 3.11. The van der Waals surface area contributed by atoms with Crippen molar-refractivity contribution in [3.8, 4) is 22.5 Å². The molecule has 164 valence electrons. The highest BCUT2D eigenvalue weighted by Crippen LogP contribution is 2.29. The van der Waals surface area contributed by atoms with Crippen LogP contribution in [0, 0.1) is 13.8 Å². The van der Waals surface area contributed by atoms with Crippen LogP contribution in [0.25, 0.3) is 22.5 Å². The molecule has 0 saturated carbocycles. The molecule has 0 aliphatic carbocycles. The lowest BCUT2D eigenvalue weighted by Crippen LogP contribution is -2.39. The maximum atomic E-state index is 12.8. The van der Waals surface area contributed by atoms with E-state index in [4.69, 9.17) is 10.5 Å². The molecule has 2 aromatic heterocycles. The van der Waals surface area contributed by atoms with Crippen LogP contribution in [0.2, 0.25) is 0 Å². The third-order valence-electron chi connectivity index (χ3n) is 5.01. The van der Waals surface area contributed by atoms with Gasteiger partial charge in [-0.05, 0) is 57.5 Å². The lowest BCUT2D eigenvalue weighted by atomic mass is 10.1. The minimum Gasteiger partial charge on any atom is -0.382 e. The molecule has 2 heterocycles. The quantitative estimate of drug-likeness (QED) is 0.578. The first-order valence-electron chi connectivity index (χ1n) is 9.74. The Morgan fingerprint density at radius 2 is 1.87 bits per heavy atom. The zero-order valence-electron chi connectivity index (χ0n) is 18.3. The molecule has 0 aliphatic heterocycles. The van der Waals surface area contributed by atoms with E-state index < -0.39 is 15.6 Å². The lowest BCUT2D eigenvalue weighted by Gasteiger charge is -2.23. The molecule has 31 heavy (non-hydrogen) atoms. The Bertz CT molecular complexity index is 1210. The number of nitrogens with one attached hydrogen (secondary N) is 1. The van der Waals surface area contributed by atoms with Crippen LogP contribution in [0.3, 0.4) is 0 Å². The summed E-state index contributed by atoms with van der Waals surface area (Å²) in [6.45, 7) is 7.53. The Kier molecular flexibility index (Phi) is 6.40. The standard InChI is InChI=1S/C22H27N5O3S/c1-14-6-7-17(31(28,29)26-13-22(3,4)30-5)11-18(14)19-12-25-21(23)20(27-19)16-8-9-24-15(2)10-16/h6-12,26H,13H2,1-5H3,(H2,23,25). The van der Waals surface area contributed by atoms with Gasteiger partial charge in [-0.25, -0.2) is 23.1 Å². The third kappa shape index (κ3) is 5.25. The monoisotopic (exact) mass is 441 g/mol. The summed E-state index contributed by atoms with van der Waals surface area (Å²) in [5.74, 6) is 0.291. The van der Waals surface area contributed by atoms with Crippen molar-refractivity contribution >= 4 is 15.8 Å². The molecular weight excluding hydrogens is 414 g/mol. The highest BCUT2D eigenvalue weighted by atomic mass is 32.2. The summed E-state index contributed by atoms with van der Waals surface area (Å²) in [6.07, 6.45) is 3.23. The molecule has 0 atom stereocenters. The van der Waals surface area contributed by atoms with Crippen molar-refractivity contribution in [2.75, 3.05) is 19.4 Å². The maximum Gasteiger partial charge on any atom is 0.240 e. The van der Waals surface area contributed by atoms with Gasteiger partial charge in [0, 0.05) is 36.7 Å². The Balaban J connectivity index is 2.02. The minimum atomic E-state index is -3.74. The highest BCUT2D eigenvalue weighted by molar-refractivity contribution is 7.89. The van der Waals surface area contributed by atoms with Crippen LogP contribution in [0.5, 0.6) is 0 Å². The first-order chi connectivity index (χ1) is 14.5. The number of nitrogen functional groups attached to an aromatic ring is 1. The van der Waals surface area contributed by atoms with Crippen molar-refractivity contribution in [1.29, 1.82) is 0 Å². The summed E-state index contributed by atoms with van der Waals surface area (Å²) >= 11 is 0. The molecule has 8 nitrogen and oxygen atoms in total. The fourth-order valence-electron chi connectivity index (χ4n) is 2.90. The van der Waals surface area contributed by atoms with Crippen LogP contribution in [-0.4, -0.2) is 42.6 Å². The van der Waals surface area contributed by atoms with Gasteiger partial charge in [-0.15, -0.1) is 0 Å². The molecule has 0 amide bonds. The molecule has 0 radical (unpaired) electrons. The fraction of sp³-hybridized carbons (Fsp3) is 0.318. The molecule has 0 unspecified atom stereocenters. The number of nitrogens with two attached hydrogens (primary N) is 1. The van der Waals surface area contributed by atoms with Gasteiger partial charge in [-0.3, -0.25) is 4.98 Å². The van der Waals surface area contributed by atoms with E-state index in [-0.39, 0.29) is 11.4 Å². The van der Waals surface area contributed by atoms with Gasteiger partial charge in [-0.2, -0.15) is 0 Å². The summed E-state index contributed by atoms with van der Waals surface area (Å²) in [5.41, 5.74) is 9.66. The zero-order chi connectivity index (χ0) is 22.8. The SMILES string of the molecule is COC(C)(C)CNS(=O)(=O)c1ccc(C)c(-c2cnc(N)c(-c3ccnc(C)c3)n2)c1. The summed E-state index contributed by atoms with van der Waals surface area (Å²) in [5, 5.41) is 0. The van der Waals surface area contributed by atoms with Crippen molar-refractivity contribution < 1.29 is 13.2 Å². The van der Waals surface area contributed by atoms with E-state index in [1.807, 2.05) is 39.8 Å². The number of aryl methyl sites for hydroxylation is 2. The average molecular weight is 442 g/mol. The van der Waals surface area contributed by atoms with Crippen LogP contribution in [0.1, 0.15) is 25.1 Å². The lowest BCUT2D eigenvalue weighted by molar-refractivity contribution is 0.0276. The number of hydrogen-bond acceptors (Lipinski definition) is 7. The predicted molar refractivity (Wildman–Crippen MR) is 121 cm³/mol. The molecule has 0 saturated heterocycles. The number of hydrogen-bond donors (Lipinski definition) is 2. The third-order valence-corrected chi connectivity index (χ3v) is 6.41. The van der Waals surface area contributed by atoms with Crippen LogP contribution < -0.4 is 10.5 Å². The number of nitrogens with zero attached hydrogens (tertiary/aromatic N) is 3. The molecule has 1 aromatic carbocycles. The van der Waals surface area contributed by atoms with E-state index in [0.29, 0.717) is 22.8 Å². The molecule has 3 rings (SSSR count). The smallest absolute Gasteiger partial charge is 0.240 e. The van der Waals surface area contributed by atoms with Gasteiger partial charge in [0.25, 0.3) is 0 Å². The van der Waals surface area contributed by atoms with Gasteiger partial charge in [0.2, 0.25) is 10.0 Å². The molecule has 3 aromatic rings. The van der Waals surface area contributed by atoms with Crippen molar-refractivity contribution in [3.63, 3.8) is 0 Å². The van der Waals surface area contributed by atoms with Gasteiger partial charge >= 0.3 is 0 Å². The Morgan fingerprint density at radius 1 is 1.13 bits per heavy atom. The fourth-order valence-corrected chi connectivity index (χ4v) is 4.13. The topological polar surface area (TPSA) is 120 Å². The van der Waals surface area contributed by atoms with Crippen LogP contribution in [-0.2, 0) is 14.8 Å². The maximum absolute atomic E-state index is 12.8. The van der Waals surface area contributed by atoms with Crippen LogP contribution >= 0.6 is 0 Å². The Morgan fingerprint density at radius 3 is 2.55 bits per heavy atom. The van der Waals surface area contributed by atoms with Crippen molar-refractivity contribution in [1.82, 2.24) is 19.7 Å². The number of anilines is 1. The second-order valence-corrected chi connectivity index (χ2v) is 9.71. The largest absolute Gasteiger partial charge is 0.382 e. The molecular formula is C22H27N5O3S. The number of ether oxygens (including phenoxy) is 1. The van der Waals surface area contributed by atoms with E-state index >= 15 is 0 Å². The highest BCUT2D eigenvalue weighted by Gasteiger charge is 2.23. The number of pyridine rings is 1. The van der Waals surface area contributed by atoms with Gasteiger partial charge in [-0.1, -0.05) is 6.07 Å². The first-order valence-corrected chi connectivity index (χ1v) is 11.2. The molecule has 0 spiro atoms. The minimum absolute atomic E-state index is 0.139. The van der Waals surface area contributed by atoms with Crippen molar-refractivity contribution in [2.45, 2.75) is 38.2 Å². The Hall–Kier alpha value is -2.88. The summed E-state index contributed by atoms with van der Waals surface area (Å²) in [6, 6.07) is 8.60. The second kappa shape index (κ2) is 8.70. The average Bonchev–Trinajstić information content (AvgIpc) is 2.73. The first kappa shape index (κ1) is 22.8. The van der Waals surface area contributed by atoms with Gasteiger partial charge in [0.1, 0.15) is 11.5 Å². The van der Waals surface area contributed by atoms with Crippen LogP contribution in [0.4, 0.5) is 5.82 Å². The van der Waals surface area contributed by atoms with E-state index in [0.717, 1.165) is 16.8 Å². The van der Waals surface area contributed by atoms with Crippen LogP contribution in [0.15, 0.2) is 47.6 Å². The van der Waals surface area contributed by atoms with Gasteiger partial charge in [0.05, 0.1) is 22.4 Å². The molecule has 0 bridgehead atoms. The number of methoxy groups -OCH3 is 1. The molecule has 9 heteroatoms. The number of sulfonamides is 1. The van der Waals surface area contributed by atoms with Gasteiger partial charge < -0.3 is 10.5 Å². The van der Waals surface area contributed by atoms with E-state index in [9.17, 15) is 8.42 Å². The van der Waals surface area contributed by atoms with Crippen molar-refractivity contribution in [3.05, 3.63) is 54.0 Å². The molecule has 3 N–H and O–H groups in total. The molecule has 0 aliphatic rings. The van der Waals surface area contributed by atoms with Crippen molar-refractivity contribution in [2.24, 2.45) is 0 Å². The summed E-state index contributed by atoms with van der Waals surface area (Å²) in [7, 11) is -2.20. The number of aromatic nitrogens is 3. The number of rotatable bonds is 7. The Labute approximate surface area is 183 Å². The summed E-state index contributed by atoms with van der Waals surface area (Å²) in [4.78, 5) is 13.3. The van der Waals surface area contributed by atoms with Gasteiger partial charge in [0.15, 0.2) is 0 Å². The van der Waals surface area contributed by atoms with E-state index in [2.05, 4.69) is 19.7 Å². The van der Waals surface area contributed by atoms with E-state index in [1.54, 1.807) is 37.7 Å². The normalized spacial score (nSPS) is 12.2.